The molecule has 134 valence electrons. The number of primary amides is 1. The lowest BCUT2D eigenvalue weighted by Gasteiger charge is -2.17. The summed E-state index contributed by atoms with van der Waals surface area (Å²) < 4.78 is 11.3. The SMILES string of the molecule is CC(O)[C@@H](N)C(=O)OC[C@H]1O[C@@H](n2cnc(C(N)=O)n2)[C@H](O)[C@@H]1O. The number of carbonyl (C=O) groups is 2. The summed E-state index contributed by atoms with van der Waals surface area (Å²) in [5, 5.41) is 32.9. The number of carbonyl (C=O) groups excluding carboxylic acids is 2. The number of hydrogen-bond donors (Lipinski definition) is 5. The van der Waals surface area contributed by atoms with Crippen molar-refractivity contribution in [3.8, 4) is 0 Å². The summed E-state index contributed by atoms with van der Waals surface area (Å²) in [7, 11) is 0. The standard InChI is InChI=1S/C12H19N5O7/c1-4(18)6(13)12(22)23-2-5-7(19)8(20)11(24-5)17-3-15-10(16-17)9(14)21/h3-8,11,18-20H,2,13H2,1H3,(H2,14,21)/t4?,5-,6-,7-,8-,11-/m1/s1. The van der Waals surface area contributed by atoms with E-state index in [-0.39, 0.29) is 5.82 Å². The Bertz CT molecular complexity index is 606. The number of hydrogen-bond acceptors (Lipinski definition) is 10. The van der Waals surface area contributed by atoms with Gasteiger partial charge in [0.2, 0.25) is 5.82 Å². The Kier molecular flexibility index (Phi) is 5.46. The second kappa shape index (κ2) is 7.19. The zero-order valence-corrected chi connectivity index (χ0v) is 12.7. The smallest absolute Gasteiger partial charge is 0.325 e. The van der Waals surface area contributed by atoms with Crippen LogP contribution in [-0.4, -0.2) is 79.0 Å². The van der Waals surface area contributed by atoms with Crippen LogP contribution in [0.25, 0.3) is 0 Å². The highest BCUT2D eigenvalue weighted by Crippen LogP contribution is 2.29. The fraction of sp³-hybridized carbons (Fsp3) is 0.667. The van der Waals surface area contributed by atoms with Gasteiger partial charge in [0.05, 0.1) is 6.10 Å². The number of amides is 1. The average Bonchev–Trinajstić information content (AvgIpc) is 3.11. The minimum absolute atomic E-state index is 0.280. The normalized spacial score (nSPS) is 29.2. The Labute approximate surface area is 136 Å². The van der Waals surface area contributed by atoms with Gasteiger partial charge in [0, 0.05) is 0 Å². The van der Waals surface area contributed by atoms with E-state index in [2.05, 4.69) is 10.1 Å². The van der Waals surface area contributed by atoms with Gasteiger partial charge in [0.1, 0.15) is 37.3 Å². The van der Waals surface area contributed by atoms with Crippen molar-refractivity contribution in [2.75, 3.05) is 6.61 Å². The zero-order chi connectivity index (χ0) is 18.0. The van der Waals surface area contributed by atoms with E-state index in [0.717, 1.165) is 11.0 Å². The quantitative estimate of drug-likeness (QED) is 0.319. The van der Waals surface area contributed by atoms with Crippen LogP contribution in [0.3, 0.4) is 0 Å². The van der Waals surface area contributed by atoms with Gasteiger partial charge >= 0.3 is 5.97 Å². The number of rotatable bonds is 6. The summed E-state index contributed by atoms with van der Waals surface area (Å²) in [5.41, 5.74) is 10.4. The number of nitrogens with zero attached hydrogens (tertiary/aromatic N) is 3. The van der Waals surface area contributed by atoms with Gasteiger partial charge in [-0.2, -0.15) is 0 Å². The van der Waals surface area contributed by atoms with Gasteiger partial charge in [0.15, 0.2) is 6.23 Å². The van der Waals surface area contributed by atoms with Crippen LogP contribution in [0.1, 0.15) is 23.8 Å². The van der Waals surface area contributed by atoms with Gasteiger partial charge in [-0.3, -0.25) is 9.59 Å². The molecule has 7 N–H and O–H groups in total. The third-order valence-corrected chi connectivity index (χ3v) is 3.51. The molecule has 12 nitrogen and oxygen atoms in total. The van der Waals surface area contributed by atoms with Crippen LogP contribution in [0, 0.1) is 0 Å². The van der Waals surface area contributed by atoms with Crippen molar-refractivity contribution in [3.05, 3.63) is 12.2 Å². The van der Waals surface area contributed by atoms with Crippen molar-refractivity contribution >= 4 is 11.9 Å². The molecule has 1 aromatic heterocycles. The molecule has 2 rings (SSSR count). The first-order chi connectivity index (χ1) is 11.2. The Morgan fingerprint density at radius 3 is 2.67 bits per heavy atom. The minimum atomic E-state index is -1.40. The maximum atomic E-state index is 11.6. The van der Waals surface area contributed by atoms with Crippen molar-refractivity contribution in [1.82, 2.24) is 14.8 Å². The molecule has 24 heavy (non-hydrogen) atoms. The number of ether oxygens (including phenoxy) is 2. The lowest BCUT2D eigenvalue weighted by Crippen LogP contribution is -2.43. The van der Waals surface area contributed by atoms with Crippen molar-refractivity contribution in [2.45, 2.75) is 43.6 Å². The van der Waals surface area contributed by atoms with Crippen LogP contribution in [0.4, 0.5) is 0 Å². The molecule has 1 aromatic rings. The first-order valence-corrected chi connectivity index (χ1v) is 7.05. The van der Waals surface area contributed by atoms with Gasteiger partial charge in [-0.1, -0.05) is 0 Å². The van der Waals surface area contributed by atoms with Crippen LogP contribution in [0.15, 0.2) is 6.33 Å². The third-order valence-electron chi connectivity index (χ3n) is 3.51. The molecule has 1 aliphatic rings. The summed E-state index contributed by atoms with van der Waals surface area (Å²) >= 11 is 0. The minimum Gasteiger partial charge on any atom is -0.462 e. The van der Waals surface area contributed by atoms with Crippen molar-refractivity contribution in [2.24, 2.45) is 11.5 Å². The Morgan fingerprint density at radius 1 is 1.46 bits per heavy atom. The molecule has 1 aliphatic heterocycles. The molecule has 2 heterocycles. The molecule has 1 unspecified atom stereocenters. The molecule has 1 fully saturated rings. The van der Waals surface area contributed by atoms with Gasteiger partial charge < -0.3 is 36.3 Å². The fourth-order valence-corrected chi connectivity index (χ4v) is 2.05. The molecule has 12 heteroatoms. The largest absolute Gasteiger partial charge is 0.462 e. The highest BCUT2D eigenvalue weighted by atomic mass is 16.6. The predicted octanol–water partition coefficient (Wildman–Crippen LogP) is -3.75. The predicted molar refractivity (Wildman–Crippen MR) is 75.1 cm³/mol. The lowest BCUT2D eigenvalue weighted by molar-refractivity contribution is -0.154. The monoisotopic (exact) mass is 345 g/mol. The second-order valence-electron chi connectivity index (χ2n) is 5.36. The molecule has 0 saturated carbocycles. The molecule has 6 atom stereocenters. The van der Waals surface area contributed by atoms with Crippen LogP contribution < -0.4 is 11.5 Å². The number of aromatic nitrogens is 3. The van der Waals surface area contributed by atoms with E-state index >= 15 is 0 Å². The molecular formula is C12H19N5O7. The first kappa shape index (κ1) is 18.2. The van der Waals surface area contributed by atoms with E-state index in [1.54, 1.807) is 0 Å². The van der Waals surface area contributed by atoms with E-state index < -0.39 is 55.2 Å². The number of nitrogens with two attached hydrogens (primary N) is 2. The number of aliphatic hydroxyl groups excluding tert-OH is 3. The molecule has 0 aliphatic carbocycles. The summed E-state index contributed by atoms with van der Waals surface area (Å²) in [4.78, 5) is 26.2. The molecule has 1 amide bonds. The topological polar surface area (TPSA) is 196 Å². The average molecular weight is 345 g/mol. The van der Waals surface area contributed by atoms with Crippen LogP contribution in [0.2, 0.25) is 0 Å². The van der Waals surface area contributed by atoms with Gasteiger partial charge in [-0.25, -0.2) is 9.67 Å². The molecular weight excluding hydrogens is 326 g/mol. The lowest BCUT2D eigenvalue weighted by atomic mass is 10.1. The number of aliphatic hydroxyl groups is 3. The highest BCUT2D eigenvalue weighted by Gasteiger charge is 2.45. The van der Waals surface area contributed by atoms with E-state index in [1.807, 2.05) is 0 Å². The molecule has 0 spiro atoms. The van der Waals surface area contributed by atoms with Gasteiger partial charge in [0.25, 0.3) is 5.91 Å². The fourth-order valence-electron chi connectivity index (χ4n) is 2.05. The number of esters is 1. The summed E-state index contributed by atoms with van der Waals surface area (Å²) in [6.07, 6.45) is -4.98. The Morgan fingerprint density at radius 2 is 2.12 bits per heavy atom. The summed E-state index contributed by atoms with van der Waals surface area (Å²) in [6.45, 7) is 0.930. The van der Waals surface area contributed by atoms with Crippen molar-refractivity contribution < 1.29 is 34.4 Å². The zero-order valence-electron chi connectivity index (χ0n) is 12.7. The van der Waals surface area contributed by atoms with E-state index in [9.17, 15) is 24.9 Å². The van der Waals surface area contributed by atoms with Gasteiger partial charge in [-0.15, -0.1) is 5.10 Å². The maximum absolute atomic E-state index is 11.6. The Hall–Kier alpha value is -2.12. The molecule has 0 aromatic carbocycles. The molecule has 0 radical (unpaired) electrons. The van der Waals surface area contributed by atoms with Crippen LogP contribution >= 0.6 is 0 Å². The molecule has 1 saturated heterocycles. The van der Waals surface area contributed by atoms with Crippen molar-refractivity contribution in [3.63, 3.8) is 0 Å². The van der Waals surface area contributed by atoms with E-state index in [4.69, 9.17) is 20.9 Å². The second-order valence-corrected chi connectivity index (χ2v) is 5.36. The van der Waals surface area contributed by atoms with Gasteiger partial charge in [-0.05, 0) is 6.92 Å². The molecule has 0 bridgehead atoms. The van der Waals surface area contributed by atoms with Crippen molar-refractivity contribution in [1.29, 1.82) is 0 Å². The summed E-state index contributed by atoms with van der Waals surface area (Å²) in [5.74, 6) is -2.02. The van der Waals surface area contributed by atoms with E-state index in [0.29, 0.717) is 0 Å². The van der Waals surface area contributed by atoms with Crippen LogP contribution in [-0.2, 0) is 14.3 Å². The third kappa shape index (κ3) is 3.68. The maximum Gasteiger partial charge on any atom is 0.325 e. The first-order valence-electron chi connectivity index (χ1n) is 7.05. The van der Waals surface area contributed by atoms with Crippen LogP contribution in [0.5, 0.6) is 0 Å². The summed E-state index contributed by atoms with van der Waals surface area (Å²) in [6, 6.07) is -1.24. The highest BCUT2D eigenvalue weighted by molar-refractivity contribution is 5.88. The van der Waals surface area contributed by atoms with E-state index in [1.165, 1.54) is 6.92 Å². The Balaban J connectivity index is 1.99.